The summed E-state index contributed by atoms with van der Waals surface area (Å²) in [7, 11) is 0. The molecule has 2 N–H and O–H groups in total. The van der Waals surface area contributed by atoms with E-state index in [9.17, 15) is 9.50 Å². The van der Waals surface area contributed by atoms with Gasteiger partial charge in [0.2, 0.25) is 0 Å². The Morgan fingerprint density at radius 3 is 2.37 bits per heavy atom. The summed E-state index contributed by atoms with van der Waals surface area (Å²) in [4.78, 5) is 0. The highest BCUT2D eigenvalue weighted by atomic mass is 19.1. The first kappa shape index (κ1) is 13.1. The smallest absolute Gasteiger partial charge is 0.123 e. The van der Waals surface area contributed by atoms with Gasteiger partial charge in [0.05, 0.1) is 6.10 Å². The average molecular weight is 263 g/mol. The molecule has 0 radical (unpaired) electrons. The Hall–Kier alpha value is -0.930. The maximum Gasteiger partial charge on any atom is 0.123 e. The molecule has 0 spiro atoms. The van der Waals surface area contributed by atoms with E-state index in [0.29, 0.717) is 5.92 Å². The van der Waals surface area contributed by atoms with Gasteiger partial charge in [0.25, 0.3) is 0 Å². The van der Waals surface area contributed by atoms with Crippen LogP contribution < -0.4 is 5.32 Å². The lowest BCUT2D eigenvalue weighted by Gasteiger charge is -2.32. The Morgan fingerprint density at radius 2 is 1.74 bits per heavy atom. The number of rotatable bonds is 4. The van der Waals surface area contributed by atoms with Crippen molar-refractivity contribution in [1.82, 2.24) is 5.32 Å². The van der Waals surface area contributed by atoms with Gasteiger partial charge < -0.3 is 10.4 Å². The summed E-state index contributed by atoms with van der Waals surface area (Å²) < 4.78 is 13.0. The van der Waals surface area contributed by atoms with Gasteiger partial charge in [-0.2, -0.15) is 0 Å². The zero-order chi connectivity index (χ0) is 13.2. The van der Waals surface area contributed by atoms with E-state index >= 15 is 0 Å². The number of halogens is 1. The molecule has 2 saturated carbocycles. The molecule has 0 saturated heterocycles. The van der Waals surface area contributed by atoms with E-state index in [1.165, 1.54) is 31.4 Å². The molecular formula is C16H22FNO. The Morgan fingerprint density at radius 1 is 1.05 bits per heavy atom. The van der Waals surface area contributed by atoms with Crippen LogP contribution in [0.15, 0.2) is 24.3 Å². The van der Waals surface area contributed by atoms with Gasteiger partial charge in [-0.25, -0.2) is 4.39 Å². The normalized spacial score (nSPS) is 29.2. The molecule has 0 aromatic heterocycles. The summed E-state index contributed by atoms with van der Waals surface area (Å²) in [5.74, 6) is 0.468. The zero-order valence-electron chi connectivity index (χ0n) is 11.2. The summed E-state index contributed by atoms with van der Waals surface area (Å²) in [5, 5.41) is 13.7. The van der Waals surface area contributed by atoms with Crippen LogP contribution in [0.4, 0.5) is 4.39 Å². The first-order valence-corrected chi connectivity index (χ1v) is 7.43. The van der Waals surface area contributed by atoms with Gasteiger partial charge in [-0.05, 0) is 49.3 Å². The molecule has 2 aliphatic rings. The van der Waals surface area contributed by atoms with E-state index in [-0.39, 0.29) is 24.0 Å². The predicted molar refractivity (Wildman–Crippen MR) is 73.3 cm³/mol. The number of benzene rings is 1. The van der Waals surface area contributed by atoms with Gasteiger partial charge in [0.1, 0.15) is 5.82 Å². The molecule has 1 aromatic carbocycles. The zero-order valence-corrected chi connectivity index (χ0v) is 11.2. The molecular weight excluding hydrogens is 241 g/mol. The Labute approximate surface area is 114 Å². The monoisotopic (exact) mass is 263 g/mol. The topological polar surface area (TPSA) is 32.3 Å². The number of nitrogens with one attached hydrogen (secondary N) is 1. The lowest BCUT2D eigenvalue weighted by Crippen LogP contribution is -2.44. The minimum absolute atomic E-state index is 0.184. The third kappa shape index (κ3) is 3.15. The molecule has 0 amide bonds. The molecule has 19 heavy (non-hydrogen) atoms. The van der Waals surface area contributed by atoms with Crippen molar-refractivity contribution >= 4 is 0 Å². The summed E-state index contributed by atoms with van der Waals surface area (Å²) in [5.41, 5.74) is 1.15. The van der Waals surface area contributed by atoms with Crippen LogP contribution in [-0.2, 0) is 0 Å². The molecule has 0 bridgehead atoms. The molecule has 104 valence electrons. The van der Waals surface area contributed by atoms with Crippen molar-refractivity contribution < 1.29 is 9.50 Å². The first-order chi connectivity index (χ1) is 9.24. The largest absolute Gasteiger partial charge is 0.392 e. The van der Waals surface area contributed by atoms with Gasteiger partial charge in [0.15, 0.2) is 0 Å². The van der Waals surface area contributed by atoms with Crippen LogP contribution in [0, 0.1) is 11.7 Å². The lowest BCUT2D eigenvalue weighted by atomic mass is 9.90. The van der Waals surface area contributed by atoms with E-state index in [1.807, 2.05) is 12.1 Å². The van der Waals surface area contributed by atoms with Crippen molar-refractivity contribution in [1.29, 1.82) is 0 Å². The van der Waals surface area contributed by atoms with E-state index in [0.717, 1.165) is 24.8 Å². The third-order valence-corrected chi connectivity index (χ3v) is 4.45. The summed E-state index contributed by atoms with van der Waals surface area (Å²) in [6.45, 7) is 0. The van der Waals surface area contributed by atoms with Crippen molar-refractivity contribution in [3.8, 4) is 0 Å². The average Bonchev–Trinajstić information content (AvgIpc) is 3.24. The van der Waals surface area contributed by atoms with Crippen LogP contribution >= 0.6 is 0 Å². The summed E-state index contributed by atoms with van der Waals surface area (Å²) in [6.07, 6.45) is 6.51. The van der Waals surface area contributed by atoms with Gasteiger partial charge in [-0.3, -0.25) is 0 Å². The van der Waals surface area contributed by atoms with Crippen LogP contribution in [0.2, 0.25) is 0 Å². The van der Waals surface area contributed by atoms with Crippen LogP contribution in [0.3, 0.4) is 0 Å². The number of aliphatic hydroxyl groups is 1. The second-order valence-corrected chi connectivity index (χ2v) is 5.99. The van der Waals surface area contributed by atoms with Crippen molar-refractivity contribution in [3.05, 3.63) is 35.6 Å². The maximum atomic E-state index is 13.0. The second kappa shape index (κ2) is 5.59. The summed E-state index contributed by atoms with van der Waals surface area (Å²) in [6, 6.07) is 7.29. The molecule has 3 atom stereocenters. The van der Waals surface area contributed by atoms with Gasteiger partial charge in [-0.1, -0.05) is 25.0 Å². The second-order valence-electron chi connectivity index (χ2n) is 5.99. The highest BCUT2D eigenvalue weighted by Crippen LogP contribution is 2.41. The molecule has 3 heteroatoms. The number of aliphatic hydroxyl groups excluding tert-OH is 1. The first-order valence-electron chi connectivity index (χ1n) is 7.43. The maximum absolute atomic E-state index is 13.0. The number of hydrogen-bond acceptors (Lipinski definition) is 2. The Balaban J connectivity index is 1.72. The predicted octanol–water partition coefficient (Wildman–Crippen LogP) is 3.17. The highest BCUT2D eigenvalue weighted by Gasteiger charge is 2.35. The Kier molecular flexibility index (Phi) is 3.85. The Bertz CT molecular complexity index is 415. The minimum Gasteiger partial charge on any atom is -0.392 e. The van der Waals surface area contributed by atoms with Crippen molar-refractivity contribution in [2.24, 2.45) is 5.92 Å². The molecule has 3 rings (SSSR count). The molecule has 2 aliphatic carbocycles. The van der Waals surface area contributed by atoms with E-state index < -0.39 is 0 Å². The fourth-order valence-electron chi connectivity index (χ4n) is 3.14. The molecule has 0 aliphatic heterocycles. The van der Waals surface area contributed by atoms with Crippen molar-refractivity contribution in [2.75, 3.05) is 0 Å². The molecule has 1 aromatic rings. The SMILES string of the molecule is OC1CCCCC1NC(c1ccc(F)cc1)C1CC1. The molecule has 0 heterocycles. The fourth-order valence-corrected chi connectivity index (χ4v) is 3.14. The molecule has 2 nitrogen and oxygen atoms in total. The third-order valence-electron chi connectivity index (χ3n) is 4.45. The van der Waals surface area contributed by atoms with Crippen LogP contribution in [0.25, 0.3) is 0 Å². The fraction of sp³-hybridized carbons (Fsp3) is 0.625. The van der Waals surface area contributed by atoms with Gasteiger partial charge in [0, 0.05) is 12.1 Å². The van der Waals surface area contributed by atoms with Crippen LogP contribution in [0.1, 0.15) is 50.1 Å². The van der Waals surface area contributed by atoms with Crippen molar-refractivity contribution in [3.63, 3.8) is 0 Å². The quantitative estimate of drug-likeness (QED) is 0.874. The van der Waals surface area contributed by atoms with Crippen LogP contribution in [-0.4, -0.2) is 17.3 Å². The minimum atomic E-state index is -0.226. The molecule has 3 unspecified atom stereocenters. The standard InChI is InChI=1S/C16H22FNO/c17-13-9-7-12(8-10-13)16(11-5-6-11)18-14-3-1-2-4-15(14)19/h7-11,14-16,18-19H,1-6H2. The lowest BCUT2D eigenvalue weighted by molar-refractivity contribution is 0.0831. The van der Waals surface area contributed by atoms with Gasteiger partial charge in [-0.15, -0.1) is 0 Å². The number of hydrogen-bond donors (Lipinski definition) is 2. The van der Waals surface area contributed by atoms with E-state index in [1.54, 1.807) is 0 Å². The van der Waals surface area contributed by atoms with Crippen LogP contribution in [0.5, 0.6) is 0 Å². The van der Waals surface area contributed by atoms with E-state index in [2.05, 4.69) is 5.32 Å². The summed E-state index contributed by atoms with van der Waals surface area (Å²) >= 11 is 0. The highest BCUT2D eigenvalue weighted by molar-refractivity contribution is 5.22. The molecule has 2 fully saturated rings. The van der Waals surface area contributed by atoms with Gasteiger partial charge >= 0.3 is 0 Å². The van der Waals surface area contributed by atoms with E-state index in [4.69, 9.17) is 0 Å². The van der Waals surface area contributed by atoms with Crippen molar-refractivity contribution in [2.45, 2.75) is 56.7 Å².